The molecule has 9 rings (SSSR count). The summed E-state index contributed by atoms with van der Waals surface area (Å²) >= 11 is 7.87. The van der Waals surface area contributed by atoms with Gasteiger partial charge in [0, 0.05) is 34.3 Å². The summed E-state index contributed by atoms with van der Waals surface area (Å²) < 4.78 is 2.62. The van der Waals surface area contributed by atoms with Crippen molar-refractivity contribution in [1.82, 2.24) is 9.78 Å². The Kier molecular flexibility index (Phi) is 7.02. The highest BCUT2D eigenvalue weighted by atomic mass is 35.5. The first-order chi connectivity index (χ1) is 24.5. The maximum absolute atomic E-state index is 15.0. The number of benzene rings is 3. The third-order valence-corrected chi connectivity index (χ3v) is 13.3. The molecule has 5 aromatic rings. The van der Waals surface area contributed by atoms with Crippen molar-refractivity contribution < 1.29 is 24.3 Å². The van der Waals surface area contributed by atoms with Crippen molar-refractivity contribution in [2.75, 3.05) is 9.80 Å². The number of fused-ring (bicyclic) bond motifs is 5. The SMILES string of the molecule is Cc1c(-c2cc(N3C(=O)[C@@H]4C[C@@H]5C(=CC[C@@H]6C(=O)N(c7ccccc7)C(=O)[C@@H]65)[C@H](c5ccccc5O)[C@]4(C)C3=O)n(C)n2)sc2ccc(Cl)cc12. The van der Waals surface area contributed by atoms with Gasteiger partial charge in [-0.25, -0.2) is 4.90 Å². The number of carbonyl (C=O) groups excluding carboxylic acids is 4. The average molecular weight is 717 g/mol. The molecule has 0 spiro atoms. The maximum Gasteiger partial charge on any atom is 0.242 e. The summed E-state index contributed by atoms with van der Waals surface area (Å²) in [5.74, 6) is -4.25. The first-order valence-electron chi connectivity index (χ1n) is 17.0. The minimum atomic E-state index is -1.29. The van der Waals surface area contributed by atoms with Gasteiger partial charge in [0.05, 0.1) is 33.7 Å². The lowest BCUT2D eigenvalue weighted by Gasteiger charge is -2.49. The van der Waals surface area contributed by atoms with Crippen molar-refractivity contribution >= 4 is 68.2 Å². The van der Waals surface area contributed by atoms with Gasteiger partial charge in [-0.3, -0.25) is 28.8 Å². The molecule has 0 radical (unpaired) electrons. The Morgan fingerprint density at radius 2 is 1.65 bits per heavy atom. The van der Waals surface area contributed by atoms with E-state index in [1.54, 1.807) is 77.7 Å². The van der Waals surface area contributed by atoms with Crippen LogP contribution in [0, 0.1) is 36.0 Å². The van der Waals surface area contributed by atoms with Crippen LogP contribution in [0.25, 0.3) is 20.7 Å². The molecule has 51 heavy (non-hydrogen) atoms. The molecule has 2 aliphatic carbocycles. The Morgan fingerprint density at radius 3 is 2.41 bits per heavy atom. The summed E-state index contributed by atoms with van der Waals surface area (Å²) in [6.45, 7) is 3.82. The van der Waals surface area contributed by atoms with E-state index in [1.165, 1.54) is 9.80 Å². The van der Waals surface area contributed by atoms with Gasteiger partial charge in [0.2, 0.25) is 23.6 Å². The van der Waals surface area contributed by atoms with Gasteiger partial charge < -0.3 is 5.11 Å². The van der Waals surface area contributed by atoms with Crippen LogP contribution in [0.5, 0.6) is 5.75 Å². The molecule has 3 fully saturated rings. The fourth-order valence-electron chi connectivity index (χ4n) is 9.36. The number of allylic oxidation sites excluding steroid dienone is 2. The van der Waals surface area contributed by atoms with E-state index >= 15 is 0 Å². The Bertz CT molecular complexity index is 2380. The summed E-state index contributed by atoms with van der Waals surface area (Å²) in [5, 5.41) is 17.7. The van der Waals surface area contributed by atoms with Crippen molar-refractivity contribution in [3.8, 4) is 16.3 Å². The molecule has 2 aliphatic heterocycles. The molecule has 0 unspecified atom stereocenters. The molecule has 1 N–H and O–H groups in total. The lowest BCUT2D eigenvalue weighted by molar-refractivity contribution is -0.131. The predicted molar refractivity (Wildman–Crippen MR) is 195 cm³/mol. The van der Waals surface area contributed by atoms with Crippen LogP contribution in [0.3, 0.4) is 0 Å². The number of nitrogens with zero attached hydrogens (tertiary/aromatic N) is 4. The monoisotopic (exact) mass is 716 g/mol. The second-order valence-corrected chi connectivity index (χ2v) is 15.8. The van der Waals surface area contributed by atoms with Gasteiger partial charge in [0.1, 0.15) is 17.3 Å². The van der Waals surface area contributed by atoms with E-state index in [0.29, 0.717) is 34.2 Å². The molecule has 1 saturated carbocycles. The maximum atomic E-state index is 15.0. The van der Waals surface area contributed by atoms with Crippen molar-refractivity contribution in [3.63, 3.8) is 0 Å². The summed E-state index contributed by atoms with van der Waals surface area (Å²) in [6.07, 6.45) is 2.53. The fraction of sp³-hybridized carbons (Fsp3) is 0.275. The number of aryl methyl sites for hydroxylation is 2. The number of aromatic hydroxyl groups is 1. The van der Waals surface area contributed by atoms with E-state index in [2.05, 4.69) is 0 Å². The molecule has 2 saturated heterocycles. The predicted octanol–water partition coefficient (Wildman–Crippen LogP) is 7.40. The molecule has 9 nitrogen and oxygen atoms in total. The number of phenols is 1. The number of aromatic nitrogens is 2. The number of hydrogen-bond acceptors (Lipinski definition) is 7. The van der Waals surface area contributed by atoms with Crippen molar-refractivity contribution in [3.05, 3.63) is 107 Å². The second-order valence-electron chi connectivity index (χ2n) is 14.3. The lowest BCUT2D eigenvalue weighted by atomic mass is 9.51. The molecule has 4 heterocycles. The number of anilines is 2. The first-order valence-corrected chi connectivity index (χ1v) is 18.2. The van der Waals surface area contributed by atoms with E-state index in [9.17, 15) is 24.3 Å². The third kappa shape index (κ3) is 4.35. The van der Waals surface area contributed by atoms with E-state index in [0.717, 1.165) is 26.1 Å². The summed E-state index contributed by atoms with van der Waals surface area (Å²) in [4.78, 5) is 61.3. The second kappa shape index (κ2) is 11.2. The van der Waals surface area contributed by atoms with Crippen LogP contribution >= 0.6 is 22.9 Å². The van der Waals surface area contributed by atoms with Crippen molar-refractivity contribution in [1.29, 1.82) is 0 Å². The Morgan fingerprint density at radius 1 is 0.902 bits per heavy atom. The molecule has 2 aromatic heterocycles. The van der Waals surface area contributed by atoms with Gasteiger partial charge in [-0.05, 0) is 80.0 Å². The quantitative estimate of drug-likeness (QED) is 0.153. The molecule has 11 heteroatoms. The van der Waals surface area contributed by atoms with E-state index in [1.807, 2.05) is 44.2 Å². The Hall–Kier alpha value is -5.06. The number of thiophene rings is 1. The zero-order valence-corrected chi connectivity index (χ0v) is 29.6. The topological polar surface area (TPSA) is 113 Å². The van der Waals surface area contributed by atoms with Crippen molar-refractivity contribution in [2.24, 2.45) is 36.1 Å². The average Bonchev–Trinajstić information content (AvgIpc) is 3.79. The Labute approximate surface area is 302 Å². The van der Waals surface area contributed by atoms with Gasteiger partial charge in [-0.2, -0.15) is 5.10 Å². The lowest BCUT2D eigenvalue weighted by Crippen LogP contribution is -2.49. The summed E-state index contributed by atoms with van der Waals surface area (Å²) in [7, 11) is 1.72. The van der Waals surface area contributed by atoms with E-state index in [4.69, 9.17) is 16.7 Å². The van der Waals surface area contributed by atoms with Crippen LogP contribution in [0.15, 0.2) is 90.5 Å². The van der Waals surface area contributed by atoms with Crippen LogP contribution in [-0.2, 0) is 26.2 Å². The highest BCUT2D eigenvalue weighted by Crippen LogP contribution is 2.64. The Balaban J connectivity index is 1.15. The molecule has 0 bridgehead atoms. The highest BCUT2D eigenvalue weighted by molar-refractivity contribution is 7.22. The van der Waals surface area contributed by atoms with Crippen molar-refractivity contribution in [2.45, 2.75) is 32.6 Å². The summed E-state index contributed by atoms with van der Waals surface area (Å²) in [6, 6.07) is 23.3. The molecular formula is C40H33ClN4O5S. The largest absolute Gasteiger partial charge is 0.508 e. The van der Waals surface area contributed by atoms with E-state index in [-0.39, 0.29) is 35.8 Å². The smallest absolute Gasteiger partial charge is 0.242 e. The third-order valence-electron chi connectivity index (χ3n) is 11.8. The number of para-hydroxylation sites is 2. The molecular weight excluding hydrogens is 684 g/mol. The van der Waals surface area contributed by atoms with E-state index < -0.39 is 35.0 Å². The van der Waals surface area contributed by atoms with Crippen LogP contribution in [0.4, 0.5) is 11.5 Å². The van der Waals surface area contributed by atoms with Gasteiger partial charge in [0.25, 0.3) is 0 Å². The number of rotatable bonds is 4. The normalized spacial score (nSPS) is 27.2. The fourth-order valence-corrected chi connectivity index (χ4v) is 10.7. The molecule has 3 aromatic carbocycles. The number of hydrogen-bond donors (Lipinski definition) is 1. The number of phenolic OH excluding ortho intramolecular Hbond substituents is 1. The minimum absolute atomic E-state index is 0.00717. The zero-order chi connectivity index (χ0) is 35.5. The number of halogens is 1. The standard InChI is InChI=1S/C40H33ClN4O5S/c1-20-26-17-21(41)13-16-31(26)51-35(20)29-19-32(43(3)42-29)45-37(48)28-18-27-23(34(40(28,2)39(45)50)24-11-7-8-12-30(24)46)14-15-25-33(27)38(49)44(36(25)47)22-9-5-4-6-10-22/h4-14,16-17,19,25,27-28,33-34,46H,15,18H2,1-3H3/t25-,27+,28-,33-,34+,40+/m0/s1. The highest BCUT2D eigenvalue weighted by Gasteiger charge is 2.68. The zero-order valence-electron chi connectivity index (χ0n) is 28.0. The number of amides is 4. The van der Waals surface area contributed by atoms with Gasteiger partial charge in [0.15, 0.2) is 0 Å². The molecule has 4 amide bonds. The van der Waals surface area contributed by atoms with Crippen LogP contribution in [-0.4, -0.2) is 38.5 Å². The number of imide groups is 2. The first kappa shape index (κ1) is 31.9. The number of carbonyl (C=O) groups is 4. The van der Waals surface area contributed by atoms with Gasteiger partial charge in [-0.1, -0.05) is 59.6 Å². The molecule has 6 atom stereocenters. The molecule has 4 aliphatic rings. The van der Waals surface area contributed by atoms with Crippen LogP contribution in [0.2, 0.25) is 5.02 Å². The van der Waals surface area contributed by atoms with Gasteiger partial charge >= 0.3 is 0 Å². The summed E-state index contributed by atoms with van der Waals surface area (Å²) in [5.41, 5.74) is 2.21. The van der Waals surface area contributed by atoms with Crippen LogP contribution < -0.4 is 9.80 Å². The van der Waals surface area contributed by atoms with Gasteiger partial charge in [-0.15, -0.1) is 11.3 Å². The minimum Gasteiger partial charge on any atom is -0.508 e. The molecule has 256 valence electrons. The van der Waals surface area contributed by atoms with Crippen LogP contribution in [0.1, 0.15) is 36.8 Å².